The number of hydrogen-bond donors (Lipinski definition) is 0. The van der Waals surface area contributed by atoms with E-state index in [0.717, 1.165) is 18.9 Å². The second-order valence-electron chi connectivity index (χ2n) is 7.28. The van der Waals surface area contributed by atoms with Crippen molar-refractivity contribution in [2.75, 3.05) is 19.6 Å². The Balaban J connectivity index is 1.23. The van der Waals surface area contributed by atoms with E-state index in [0.29, 0.717) is 0 Å². The minimum absolute atomic E-state index is 0.104. The summed E-state index contributed by atoms with van der Waals surface area (Å²) in [5.41, 5.74) is 3.89. The van der Waals surface area contributed by atoms with Gasteiger partial charge in [-0.05, 0) is 49.4 Å². The number of nitrogens with zero attached hydrogens (tertiary/aromatic N) is 2. The van der Waals surface area contributed by atoms with Crippen LogP contribution in [0.1, 0.15) is 36.5 Å². The molecular formula is C22H26N2O. The highest BCUT2D eigenvalue weighted by atomic mass is 16.6. The third-order valence-corrected chi connectivity index (χ3v) is 5.38. The Morgan fingerprint density at radius 1 is 0.920 bits per heavy atom. The van der Waals surface area contributed by atoms with E-state index in [4.69, 9.17) is 4.84 Å². The quantitative estimate of drug-likeness (QED) is 0.806. The fourth-order valence-electron chi connectivity index (χ4n) is 3.92. The molecule has 2 heterocycles. The van der Waals surface area contributed by atoms with Crippen LogP contribution in [0.3, 0.4) is 0 Å². The van der Waals surface area contributed by atoms with Crippen LogP contribution in [0.4, 0.5) is 0 Å². The maximum absolute atomic E-state index is 5.65. The summed E-state index contributed by atoms with van der Waals surface area (Å²) in [6, 6.07) is 21.3. The maximum atomic E-state index is 5.65. The van der Waals surface area contributed by atoms with E-state index >= 15 is 0 Å². The van der Waals surface area contributed by atoms with Crippen LogP contribution in [0, 0.1) is 5.92 Å². The third kappa shape index (κ3) is 4.29. The summed E-state index contributed by atoms with van der Waals surface area (Å²) in [4.78, 5) is 8.19. The van der Waals surface area contributed by atoms with Crippen molar-refractivity contribution in [3.8, 4) is 0 Å². The number of likely N-dealkylation sites (tertiary alicyclic amines) is 1. The molecule has 3 nitrogen and oxygen atoms in total. The predicted octanol–water partition coefficient (Wildman–Crippen LogP) is 4.46. The summed E-state index contributed by atoms with van der Waals surface area (Å²) in [7, 11) is 0. The molecule has 1 saturated heterocycles. The van der Waals surface area contributed by atoms with Crippen LogP contribution in [0.5, 0.6) is 0 Å². The van der Waals surface area contributed by atoms with E-state index in [1.165, 1.54) is 49.2 Å². The Morgan fingerprint density at radius 2 is 1.60 bits per heavy atom. The largest absolute Gasteiger partial charge is 0.387 e. The van der Waals surface area contributed by atoms with E-state index in [1.54, 1.807) is 0 Å². The van der Waals surface area contributed by atoms with Gasteiger partial charge >= 0.3 is 0 Å². The smallest absolute Gasteiger partial charge is 0.157 e. The number of rotatable bonds is 5. The van der Waals surface area contributed by atoms with Gasteiger partial charge in [-0.15, -0.1) is 0 Å². The maximum Gasteiger partial charge on any atom is 0.157 e. The van der Waals surface area contributed by atoms with Gasteiger partial charge in [0.2, 0.25) is 0 Å². The molecule has 2 aromatic carbocycles. The van der Waals surface area contributed by atoms with Gasteiger partial charge < -0.3 is 4.84 Å². The second kappa shape index (κ2) is 7.83. The first kappa shape index (κ1) is 16.3. The van der Waals surface area contributed by atoms with Crippen molar-refractivity contribution in [1.82, 2.24) is 4.90 Å². The van der Waals surface area contributed by atoms with Gasteiger partial charge in [0.15, 0.2) is 6.10 Å². The fourth-order valence-corrected chi connectivity index (χ4v) is 3.92. The van der Waals surface area contributed by atoms with Gasteiger partial charge in [0.05, 0.1) is 5.71 Å². The van der Waals surface area contributed by atoms with Crippen LogP contribution in [0.25, 0.3) is 0 Å². The molecule has 0 radical (unpaired) electrons. The summed E-state index contributed by atoms with van der Waals surface area (Å²) < 4.78 is 0. The van der Waals surface area contributed by atoms with Crippen LogP contribution in [0.2, 0.25) is 0 Å². The zero-order chi connectivity index (χ0) is 16.9. The summed E-state index contributed by atoms with van der Waals surface area (Å²) in [5.74, 6) is 0.817. The fraction of sp³-hybridized carbons (Fsp3) is 0.409. The number of benzene rings is 2. The van der Waals surface area contributed by atoms with E-state index < -0.39 is 0 Å². The molecule has 1 atom stereocenters. The monoisotopic (exact) mass is 334 g/mol. The van der Waals surface area contributed by atoms with E-state index in [1.807, 2.05) is 6.07 Å². The highest BCUT2D eigenvalue weighted by molar-refractivity contribution is 5.87. The molecule has 2 aliphatic heterocycles. The highest BCUT2D eigenvalue weighted by Crippen LogP contribution is 2.28. The van der Waals surface area contributed by atoms with Crippen molar-refractivity contribution in [1.29, 1.82) is 0 Å². The molecule has 130 valence electrons. The molecule has 1 unspecified atom stereocenters. The average molecular weight is 334 g/mol. The molecule has 0 aliphatic carbocycles. The lowest BCUT2D eigenvalue weighted by Gasteiger charge is -2.31. The van der Waals surface area contributed by atoms with E-state index in [-0.39, 0.29) is 6.10 Å². The first-order valence-corrected chi connectivity index (χ1v) is 9.39. The molecule has 4 rings (SSSR count). The van der Waals surface area contributed by atoms with Gasteiger partial charge in [0.25, 0.3) is 0 Å². The Bertz CT molecular complexity index is 690. The molecular weight excluding hydrogens is 308 g/mol. The van der Waals surface area contributed by atoms with Gasteiger partial charge in [0, 0.05) is 13.0 Å². The zero-order valence-electron chi connectivity index (χ0n) is 14.7. The van der Waals surface area contributed by atoms with Gasteiger partial charge in [-0.25, -0.2) is 0 Å². The van der Waals surface area contributed by atoms with Crippen molar-refractivity contribution in [3.63, 3.8) is 0 Å². The van der Waals surface area contributed by atoms with E-state index in [2.05, 4.69) is 64.7 Å². The molecule has 0 N–H and O–H groups in total. The first-order valence-electron chi connectivity index (χ1n) is 9.39. The Kier molecular flexibility index (Phi) is 5.12. The van der Waals surface area contributed by atoms with Crippen molar-refractivity contribution < 1.29 is 4.84 Å². The van der Waals surface area contributed by atoms with Crippen molar-refractivity contribution in [2.24, 2.45) is 11.1 Å². The molecule has 25 heavy (non-hydrogen) atoms. The molecule has 0 aromatic heterocycles. The van der Waals surface area contributed by atoms with Crippen LogP contribution in [0.15, 0.2) is 65.8 Å². The number of hydrogen-bond acceptors (Lipinski definition) is 3. The minimum atomic E-state index is 0.104. The lowest BCUT2D eigenvalue weighted by molar-refractivity contribution is 0.0856. The Labute approximate surface area is 150 Å². The second-order valence-corrected chi connectivity index (χ2v) is 7.28. The van der Waals surface area contributed by atoms with Crippen LogP contribution >= 0.6 is 0 Å². The molecule has 0 bridgehead atoms. The highest BCUT2D eigenvalue weighted by Gasteiger charge is 2.26. The molecule has 2 aliphatic rings. The van der Waals surface area contributed by atoms with Gasteiger partial charge in [-0.1, -0.05) is 65.8 Å². The SMILES string of the molecule is c1ccc(CC2CCN(CC3=NOC(c4ccccc4)C3)CC2)cc1. The van der Waals surface area contributed by atoms with E-state index in [9.17, 15) is 0 Å². The number of piperidine rings is 1. The first-order chi connectivity index (χ1) is 12.4. The summed E-state index contributed by atoms with van der Waals surface area (Å²) in [6.45, 7) is 3.31. The Morgan fingerprint density at radius 3 is 2.32 bits per heavy atom. The van der Waals surface area contributed by atoms with Crippen molar-refractivity contribution in [3.05, 3.63) is 71.8 Å². The molecule has 0 amide bonds. The lowest BCUT2D eigenvalue weighted by atomic mass is 9.90. The lowest BCUT2D eigenvalue weighted by Crippen LogP contribution is -2.37. The van der Waals surface area contributed by atoms with Gasteiger partial charge in [-0.2, -0.15) is 0 Å². The number of oxime groups is 1. The Hall–Kier alpha value is -2.13. The van der Waals surface area contributed by atoms with Crippen LogP contribution in [-0.2, 0) is 11.3 Å². The molecule has 0 spiro atoms. The molecule has 1 fully saturated rings. The topological polar surface area (TPSA) is 24.8 Å². The molecule has 2 aromatic rings. The van der Waals surface area contributed by atoms with Gasteiger partial charge in [-0.3, -0.25) is 4.90 Å². The summed E-state index contributed by atoms with van der Waals surface area (Å²) >= 11 is 0. The zero-order valence-corrected chi connectivity index (χ0v) is 14.7. The predicted molar refractivity (Wildman–Crippen MR) is 102 cm³/mol. The van der Waals surface area contributed by atoms with Crippen molar-refractivity contribution in [2.45, 2.75) is 31.8 Å². The van der Waals surface area contributed by atoms with Gasteiger partial charge in [0.1, 0.15) is 0 Å². The van der Waals surface area contributed by atoms with Crippen LogP contribution in [-0.4, -0.2) is 30.2 Å². The minimum Gasteiger partial charge on any atom is -0.387 e. The molecule has 0 saturated carbocycles. The third-order valence-electron chi connectivity index (χ3n) is 5.38. The van der Waals surface area contributed by atoms with Crippen molar-refractivity contribution >= 4 is 5.71 Å². The standard InChI is InChI=1S/C22H26N2O/c1-3-7-18(8-4-1)15-19-11-13-24(14-12-19)17-21-16-22(25-23-21)20-9-5-2-6-10-20/h1-10,19,22H,11-17H2. The summed E-state index contributed by atoms with van der Waals surface area (Å²) in [5, 5.41) is 4.35. The summed E-state index contributed by atoms with van der Waals surface area (Å²) in [6.07, 6.45) is 4.81. The normalized spacial score (nSPS) is 21.8. The average Bonchev–Trinajstić information content (AvgIpc) is 3.14. The van der Waals surface area contributed by atoms with Crippen LogP contribution < -0.4 is 0 Å². The molecule has 3 heteroatoms.